The van der Waals surface area contributed by atoms with Crippen molar-refractivity contribution in [1.29, 1.82) is 0 Å². The van der Waals surface area contributed by atoms with Gasteiger partial charge < -0.3 is 16.4 Å². The Morgan fingerprint density at radius 1 is 1.14 bits per heavy atom. The van der Waals surface area contributed by atoms with E-state index in [-0.39, 0.29) is 18.0 Å². The molecule has 5 N–H and O–H groups in total. The van der Waals surface area contributed by atoms with Gasteiger partial charge >= 0.3 is 0 Å². The number of aromatic amines is 1. The first-order valence-electron chi connectivity index (χ1n) is 10.1. The van der Waals surface area contributed by atoms with Crippen LogP contribution in [0.1, 0.15) is 41.6 Å². The largest absolute Gasteiger partial charge is 0.381 e. The van der Waals surface area contributed by atoms with Crippen LogP contribution in [-0.2, 0) is 6.42 Å². The molecule has 0 radical (unpaired) electrons. The van der Waals surface area contributed by atoms with Gasteiger partial charge in [0.25, 0.3) is 5.91 Å². The summed E-state index contributed by atoms with van der Waals surface area (Å²) in [6.07, 6.45) is 7.23. The normalized spacial score (nSPS) is 22.0. The number of anilines is 1. The van der Waals surface area contributed by atoms with Crippen molar-refractivity contribution < 1.29 is 4.79 Å². The summed E-state index contributed by atoms with van der Waals surface area (Å²) in [5, 5.41) is 14.8. The molecule has 2 atom stereocenters. The molecule has 5 rings (SSSR count). The highest BCUT2D eigenvalue weighted by Gasteiger charge is 2.25. The van der Waals surface area contributed by atoms with Crippen LogP contribution < -0.4 is 16.4 Å². The number of nitrogens with one attached hydrogen (secondary N) is 3. The van der Waals surface area contributed by atoms with Crippen molar-refractivity contribution in [3.63, 3.8) is 0 Å². The first-order chi connectivity index (χ1) is 13.7. The lowest BCUT2D eigenvalue weighted by Crippen LogP contribution is -2.42. The quantitative estimate of drug-likeness (QED) is 0.565. The summed E-state index contributed by atoms with van der Waals surface area (Å²) in [5.41, 5.74) is 12.3. The minimum Gasteiger partial charge on any atom is -0.381 e. The smallest absolute Gasteiger partial charge is 0.252 e. The average molecular weight is 375 g/mol. The van der Waals surface area contributed by atoms with Crippen molar-refractivity contribution in [2.45, 2.75) is 44.2 Å². The molecule has 1 aliphatic heterocycles. The molecule has 6 nitrogen and oxygen atoms in total. The third-order valence-corrected chi connectivity index (χ3v) is 6.05. The fourth-order valence-corrected chi connectivity index (χ4v) is 4.54. The van der Waals surface area contributed by atoms with Gasteiger partial charge in [0, 0.05) is 29.7 Å². The van der Waals surface area contributed by atoms with E-state index in [9.17, 15) is 4.79 Å². The molecule has 1 aliphatic carbocycles. The summed E-state index contributed by atoms with van der Waals surface area (Å²) < 4.78 is 0. The molecule has 0 unspecified atom stereocenters. The molecule has 1 amide bonds. The zero-order chi connectivity index (χ0) is 19.1. The van der Waals surface area contributed by atoms with E-state index in [0.29, 0.717) is 6.54 Å². The van der Waals surface area contributed by atoms with Crippen LogP contribution in [0, 0.1) is 0 Å². The highest BCUT2D eigenvalue weighted by molar-refractivity contribution is 6.04. The van der Waals surface area contributed by atoms with Crippen LogP contribution >= 0.6 is 0 Å². The van der Waals surface area contributed by atoms with Crippen molar-refractivity contribution in [1.82, 2.24) is 15.5 Å². The van der Waals surface area contributed by atoms with Gasteiger partial charge in [-0.2, -0.15) is 5.10 Å². The number of nitrogens with zero attached hydrogens (tertiary/aromatic N) is 1. The van der Waals surface area contributed by atoms with E-state index >= 15 is 0 Å². The predicted molar refractivity (Wildman–Crippen MR) is 111 cm³/mol. The standard InChI is InChI=1S/C22H25N5O/c23-18-3-1-2-4-20(18)26-16-10-14-7-8-24-22(28)21(14)17(11-16)13-5-6-19-15(9-13)12-25-27-19/h5-6,9-12,18,20,26H,1-4,7-8,23H2,(H,24,28)(H,25,27)/t18-,20+/m0/s1. The highest BCUT2D eigenvalue weighted by atomic mass is 16.1. The molecule has 2 aromatic carbocycles. The fourth-order valence-electron chi connectivity index (χ4n) is 4.54. The van der Waals surface area contributed by atoms with Crippen LogP contribution in [0.2, 0.25) is 0 Å². The minimum atomic E-state index is 0.00413. The predicted octanol–water partition coefficient (Wildman–Crippen LogP) is 3.20. The van der Waals surface area contributed by atoms with Crippen molar-refractivity contribution in [2.24, 2.45) is 5.73 Å². The Kier molecular flexibility index (Phi) is 4.28. The number of rotatable bonds is 3. The first kappa shape index (κ1) is 17.3. The number of aromatic nitrogens is 2. The minimum absolute atomic E-state index is 0.00413. The molecule has 1 fully saturated rings. The Hall–Kier alpha value is -2.86. The van der Waals surface area contributed by atoms with Gasteiger partial charge in [0.1, 0.15) is 0 Å². The topological polar surface area (TPSA) is 95.8 Å². The van der Waals surface area contributed by atoms with Crippen LogP contribution in [0.3, 0.4) is 0 Å². The molecule has 6 heteroatoms. The summed E-state index contributed by atoms with van der Waals surface area (Å²) in [4.78, 5) is 12.7. The zero-order valence-corrected chi connectivity index (χ0v) is 15.8. The fraction of sp³-hybridized carbons (Fsp3) is 0.364. The number of fused-ring (bicyclic) bond motifs is 2. The van der Waals surface area contributed by atoms with Gasteiger partial charge in [-0.15, -0.1) is 0 Å². The van der Waals surface area contributed by atoms with Gasteiger partial charge in [0.2, 0.25) is 0 Å². The van der Waals surface area contributed by atoms with Crippen LogP contribution in [0.15, 0.2) is 36.5 Å². The maximum Gasteiger partial charge on any atom is 0.252 e. The van der Waals surface area contributed by atoms with Crippen molar-refractivity contribution >= 4 is 22.5 Å². The lowest BCUT2D eigenvalue weighted by atomic mass is 9.88. The third-order valence-electron chi connectivity index (χ3n) is 6.05. The summed E-state index contributed by atoms with van der Waals surface area (Å²) in [5.74, 6) is 0.00413. The Bertz CT molecular complexity index is 1040. The summed E-state index contributed by atoms with van der Waals surface area (Å²) >= 11 is 0. The Balaban J connectivity index is 1.60. The Morgan fingerprint density at radius 3 is 2.93 bits per heavy atom. The van der Waals surface area contributed by atoms with Crippen LogP contribution in [0.4, 0.5) is 5.69 Å². The lowest BCUT2D eigenvalue weighted by Gasteiger charge is -2.31. The number of H-pyrrole nitrogens is 1. The Labute approximate surface area is 163 Å². The summed E-state index contributed by atoms with van der Waals surface area (Å²) in [6.45, 7) is 0.679. The molecule has 144 valence electrons. The second kappa shape index (κ2) is 6.95. The van der Waals surface area contributed by atoms with Gasteiger partial charge in [0.15, 0.2) is 0 Å². The van der Waals surface area contributed by atoms with E-state index in [1.165, 1.54) is 12.8 Å². The van der Waals surface area contributed by atoms with Gasteiger partial charge in [-0.3, -0.25) is 9.89 Å². The molecule has 1 aromatic heterocycles. The number of carbonyl (C=O) groups is 1. The summed E-state index contributed by atoms with van der Waals surface area (Å²) in [7, 11) is 0. The van der Waals surface area contributed by atoms with Crippen LogP contribution in [0.25, 0.3) is 22.0 Å². The first-order valence-corrected chi connectivity index (χ1v) is 10.1. The van der Waals surface area contributed by atoms with Gasteiger partial charge in [-0.05, 0) is 60.2 Å². The van der Waals surface area contributed by atoms with Crippen LogP contribution in [0.5, 0.6) is 0 Å². The maximum atomic E-state index is 12.7. The number of hydrogen-bond acceptors (Lipinski definition) is 4. The third kappa shape index (κ3) is 3.03. The molecule has 0 spiro atoms. The van der Waals surface area contributed by atoms with Gasteiger partial charge in [-0.1, -0.05) is 18.9 Å². The van der Waals surface area contributed by atoms with Gasteiger partial charge in [-0.25, -0.2) is 0 Å². The van der Waals surface area contributed by atoms with E-state index < -0.39 is 0 Å². The molecule has 28 heavy (non-hydrogen) atoms. The van der Waals surface area contributed by atoms with Crippen LogP contribution in [-0.4, -0.2) is 34.7 Å². The second-order valence-corrected chi connectivity index (χ2v) is 7.94. The highest BCUT2D eigenvalue weighted by Crippen LogP contribution is 2.34. The van der Waals surface area contributed by atoms with E-state index in [1.807, 2.05) is 18.3 Å². The molecular weight excluding hydrogens is 350 g/mol. The van der Waals surface area contributed by atoms with Crippen molar-refractivity contribution in [3.8, 4) is 11.1 Å². The lowest BCUT2D eigenvalue weighted by molar-refractivity contribution is 0.0947. The SMILES string of the molecule is N[C@H]1CCCC[C@H]1Nc1cc2c(c(-c3ccc4[nH]ncc4c3)c1)C(=O)NCC2. The van der Waals surface area contributed by atoms with Crippen molar-refractivity contribution in [3.05, 3.63) is 47.7 Å². The molecule has 0 bridgehead atoms. The molecule has 2 aliphatic rings. The number of carbonyl (C=O) groups excluding carboxylic acids is 1. The maximum absolute atomic E-state index is 12.7. The van der Waals surface area contributed by atoms with E-state index in [2.05, 4.69) is 39.0 Å². The van der Waals surface area contributed by atoms with E-state index in [4.69, 9.17) is 5.73 Å². The number of hydrogen-bond donors (Lipinski definition) is 4. The second-order valence-electron chi connectivity index (χ2n) is 7.94. The number of amides is 1. The monoisotopic (exact) mass is 375 g/mol. The van der Waals surface area contributed by atoms with Gasteiger partial charge in [0.05, 0.1) is 17.3 Å². The average Bonchev–Trinajstić information content (AvgIpc) is 3.17. The number of benzene rings is 2. The van der Waals surface area contributed by atoms with Crippen molar-refractivity contribution in [2.75, 3.05) is 11.9 Å². The molecular formula is C22H25N5O. The molecule has 3 aromatic rings. The molecule has 1 saturated carbocycles. The zero-order valence-electron chi connectivity index (χ0n) is 15.8. The number of nitrogens with two attached hydrogens (primary N) is 1. The molecule has 0 saturated heterocycles. The summed E-state index contributed by atoms with van der Waals surface area (Å²) in [6, 6.07) is 10.9. The van der Waals surface area contributed by atoms with E-state index in [0.717, 1.165) is 58.1 Å². The molecule has 2 heterocycles. The Morgan fingerprint density at radius 2 is 2.04 bits per heavy atom. The van der Waals surface area contributed by atoms with E-state index in [1.54, 1.807) is 0 Å².